The second-order valence-corrected chi connectivity index (χ2v) is 4.49. The summed E-state index contributed by atoms with van der Waals surface area (Å²) in [6, 6.07) is 0. The van der Waals surface area contributed by atoms with Gasteiger partial charge in [-0.2, -0.15) is 8.42 Å². The molecule has 0 saturated heterocycles. The van der Waals surface area contributed by atoms with Crippen LogP contribution in [0.2, 0.25) is 0 Å². The van der Waals surface area contributed by atoms with Crippen molar-refractivity contribution in [3.05, 3.63) is 23.8 Å². The summed E-state index contributed by atoms with van der Waals surface area (Å²) in [4.78, 5) is 7.93. The Morgan fingerprint density at radius 1 is 1.50 bits per heavy atom. The van der Waals surface area contributed by atoms with Gasteiger partial charge in [0.25, 0.3) is 10.1 Å². The van der Waals surface area contributed by atoms with Crippen LogP contribution in [0.3, 0.4) is 0 Å². The average Bonchev–Trinajstić information content (AvgIpc) is 2.02. The smallest absolute Gasteiger partial charge is 0.335 e. The Morgan fingerprint density at radius 3 is 2.50 bits per heavy atom. The van der Waals surface area contributed by atoms with Crippen molar-refractivity contribution in [3.8, 4) is 0 Å². The van der Waals surface area contributed by atoms with Gasteiger partial charge in [-0.3, -0.25) is 4.55 Å². The molecule has 7 heteroatoms. The van der Waals surface area contributed by atoms with Crippen LogP contribution in [0.5, 0.6) is 0 Å². The zero-order valence-corrected chi connectivity index (χ0v) is 7.73. The van der Waals surface area contributed by atoms with E-state index >= 15 is 0 Å². The molecule has 0 amide bonds. The van der Waals surface area contributed by atoms with Crippen molar-refractivity contribution in [2.45, 2.75) is 11.4 Å². The molecule has 14 heavy (non-hydrogen) atoms. The lowest BCUT2D eigenvalue weighted by molar-refractivity contribution is -0.132. The van der Waals surface area contributed by atoms with Gasteiger partial charge in [0, 0.05) is 6.42 Å². The van der Waals surface area contributed by atoms with E-state index in [9.17, 15) is 18.3 Å². The predicted molar refractivity (Wildman–Crippen MR) is 46.0 cm³/mol. The van der Waals surface area contributed by atoms with Gasteiger partial charge in [-0.1, -0.05) is 12.2 Å². The maximum Gasteiger partial charge on any atom is 0.335 e. The molecule has 0 heterocycles. The van der Waals surface area contributed by atoms with Gasteiger partial charge in [0.15, 0.2) is 0 Å². The van der Waals surface area contributed by atoms with Gasteiger partial charge in [-0.25, -0.2) is 4.79 Å². The molecule has 1 aliphatic carbocycles. The van der Waals surface area contributed by atoms with Crippen molar-refractivity contribution in [1.82, 2.24) is 0 Å². The number of carboxylic acids is 1. The van der Waals surface area contributed by atoms with E-state index in [1.165, 1.54) is 0 Å². The summed E-state index contributed by atoms with van der Waals surface area (Å²) in [5, 5.41) is 17.9. The molecular formula is C7H8O6S. The Labute approximate surface area is 79.9 Å². The zero-order valence-electron chi connectivity index (χ0n) is 6.91. The number of rotatable bonds is 2. The number of aliphatic carboxylic acids is 1. The summed E-state index contributed by atoms with van der Waals surface area (Å²) in [7, 11) is -4.73. The fourth-order valence-corrected chi connectivity index (χ4v) is 1.60. The molecule has 0 aromatic heterocycles. The molecule has 0 aliphatic heterocycles. The second-order valence-electron chi connectivity index (χ2n) is 2.83. The Kier molecular flexibility index (Phi) is 2.49. The van der Waals surface area contributed by atoms with Crippen LogP contribution in [0.15, 0.2) is 23.8 Å². The Hall–Kier alpha value is -1.18. The fourth-order valence-electron chi connectivity index (χ4n) is 1.02. The minimum atomic E-state index is -4.73. The van der Waals surface area contributed by atoms with Crippen molar-refractivity contribution >= 4 is 16.1 Å². The highest BCUT2D eigenvalue weighted by atomic mass is 32.2. The molecule has 0 aromatic carbocycles. The van der Waals surface area contributed by atoms with Crippen LogP contribution < -0.4 is 0 Å². The fraction of sp³-hybridized carbons (Fsp3) is 0.286. The Morgan fingerprint density at radius 2 is 2.07 bits per heavy atom. The molecule has 6 nitrogen and oxygen atoms in total. The third-order valence-electron chi connectivity index (χ3n) is 1.78. The topological polar surface area (TPSA) is 112 Å². The molecule has 0 fully saturated rings. The van der Waals surface area contributed by atoms with E-state index in [0.717, 1.165) is 12.2 Å². The molecule has 3 N–H and O–H groups in total. The lowest BCUT2D eigenvalue weighted by atomic mass is 10.0. The minimum Gasteiger partial charge on any atom is -0.478 e. The number of carboxylic acid groups (broad SMARTS) is 1. The molecule has 0 aromatic rings. The van der Waals surface area contributed by atoms with Crippen LogP contribution >= 0.6 is 0 Å². The Balaban J connectivity index is 3.20. The molecule has 0 radical (unpaired) electrons. The zero-order chi connectivity index (χ0) is 11.0. The summed E-state index contributed by atoms with van der Waals surface area (Å²) in [6.45, 7) is 0. The summed E-state index contributed by atoms with van der Waals surface area (Å²) in [5.74, 6) is -1.37. The van der Waals surface area contributed by atoms with E-state index in [1.807, 2.05) is 0 Å². The van der Waals surface area contributed by atoms with Gasteiger partial charge in [-0.15, -0.1) is 0 Å². The first-order chi connectivity index (χ1) is 6.26. The van der Waals surface area contributed by atoms with Gasteiger partial charge in [0.2, 0.25) is 4.93 Å². The van der Waals surface area contributed by atoms with Crippen molar-refractivity contribution in [1.29, 1.82) is 0 Å². The monoisotopic (exact) mass is 220 g/mol. The molecular weight excluding hydrogens is 212 g/mol. The molecule has 1 atom stereocenters. The average molecular weight is 220 g/mol. The van der Waals surface area contributed by atoms with Crippen molar-refractivity contribution < 1.29 is 28.0 Å². The van der Waals surface area contributed by atoms with E-state index in [0.29, 0.717) is 6.08 Å². The van der Waals surface area contributed by atoms with Crippen LogP contribution in [0.25, 0.3) is 0 Å². The van der Waals surface area contributed by atoms with Crippen LogP contribution in [0.1, 0.15) is 6.42 Å². The highest BCUT2D eigenvalue weighted by molar-refractivity contribution is 7.87. The number of hydrogen-bond acceptors (Lipinski definition) is 4. The van der Waals surface area contributed by atoms with Gasteiger partial charge in [-0.05, 0) is 6.08 Å². The Bertz CT molecular complexity index is 417. The summed E-state index contributed by atoms with van der Waals surface area (Å²) in [6.07, 6.45) is 2.55. The van der Waals surface area contributed by atoms with Crippen LogP contribution in [0.4, 0.5) is 0 Å². The normalized spacial score (nSPS) is 27.1. The quantitative estimate of drug-likeness (QED) is 0.542. The number of carbonyl (C=O) groups is 1. The van der Waals surface area contributed by atoms with Crippen LogP contribution in [-0.4, -0.2) is 34.1 Å². The van der Waals surface area contributed by atoms with Crippen molar-refractivity contribution in [3.63, 3.8) is 0 Å². The van der Waals surface area contributed by atoms with E-state index in [-0.39, 0.29) is 12.0 Å². The van der Waals surface area contributed by atoms with E-state index in [2.05, 4.69) is 0 Å². The second kappa shape index (κ2) is 3.19. The minimum absolute atomic E-state index is 0.372. The SMILES string of the molecule is O=C(O)C1=CC(O)(S(=O)(=O)O)CC=C1. The standard InChI is InChI=1S/C7H8O6S/c8-6(9)5-2-1-3-7(10,4-5)14(11,12)13/h1-2,4,10H,3H2,(H,8,9)(H,11,12,13). The van der Waals surface area contributed by atoms with Crippen LogP contribution in [0, 0.1) is 0 Å². The summed E-state index contributed by atoms with van der Waals surface area (Å²) < 4.78 is 30.1. The third-order valence-corrected chi connectivity index (χ3v) is 2.96. The predicted octanol–water partition coefficient (Wildman–Crippen LogP) is -0.466. The molecule has 1 unspecified atom stereocenters. The summed E-state index contributed by atoms with van der Waals surface area (Å²) in [5.41, 5.74) is -0.378. The summed E-state index contributed by atoms with van der Waals surface area (Å²) >= 11 is 0. The maximum atomic E-state index is 10.7. The van der Waals surface area contributed by atoms with Crippen LogP contribution in [-0.2, 0) is 14.9 Å². The lowest BCUT2D eigenvalue weighted by Crippen LogP contribution is -2.37. The molecule has 0 spiro atoms. The van der Waals surface area contributed by atoms with E-state index in [1.54, 1.807) is 0 Å². The third kappa shape index (κ3) is 1.84. The van der Waals surface area contributed by atoms with Gasteiger partial charge >= 0.3 is 5.97 Å². The first-order valence-corrected chi connectivity index (χ1v) is 5.02. The van der Waals surface area contributed by atoms with E-state index in [4.69, 9.17) is 9.66 Å². The largest absolute Gasteiger partial charge is 0.478 e. The van der Waals surface area contributed by atoms with Gasteiger partial charge < -0.3 is 10.2 Å². The molecule has 1 aliphatic rings. The number of aliphatic hydroxyl groups is 1. The van der Waals surface area contributed by atoms with Crippen molar-refractivity contribution in [2.75, 3.05) is 0 Å². The lowest BCUT2D eigenvalue weighted by Gasteiger charge is -2.22. The first kappa shape index (κ1) is 10.9. The molecule has 78 valence electrons. The highest BCUT2D eigenvalue weighted by Crippen LogP contribution is 2.26. The first-order valence-electron chi connectivity index (χ1n) is 3.58. The maximum absolute atomic E-state index is 10.7. The highest BCUT2D eigenvalue weighted by Gasteiger charge is 2.40. The van der Waals surface area contributed by atoms with E-state index < -0.39 is 21.0 Å². The molecule has 1 rings (SSSR count). The van der Waals surface area contributed by atoms with Gasteiger partial charge in [0.05, 0.1) is 5.57 Å². The number of hydrogen-bond donors (Lipinski definition) is 3. The van der Waals surface area contributed by atoms with Crippen molar-refractivity contribution in [2.24, 2.45) is 0 Å². The van der Waals surface area contributed by atoms with Gasteiger partial charge in [0.1, 0.15) is 0 Å². The molecule has 0 saturated carbocycles. The molecule has 0 bridgehead atoms.